The van der Waals surface area contributed by atoms with Crippen molar-refractivity contribution in [2.45, 2.75) is 45.2 Å². The van der Waals surface area contributed by atoms with E-state index in [-0.39, 0.29) is 5.91 Å². The number of carbonyl (C=O) groups is 1. The van der Waals surface area contributed by atoms with Crippen LogP contribution in [-0.2, 0) is 25.9 Å². The lowest BCUT2D eigenvalue weighted by Gasteiger charge is -2.32. The standard InChI is InChI=1S/C25H31N5O3/c1-29(16-20-11-13-33-28-20)14-18-7-9-21(10-8-18)32-17-19-4-3-12-30(15-19)25(31)24-22-5-2-6-23(22)26-27-24/h7-11,13,19H,2-6,12,14-17H2,1H3,(H,26,27)/t19-/m1/s1. The molecule has 1 amide bonds. The number of ether oxygens (including phenoxy) is 1. The van der Waals surface area contributed by atoms with E-state index in [1.165, 1.54) is 5.56 Å². The van der Waals surface area contributed by atoms with Gasteiger partial charge in [0.05, 0.1) is 12.3 Å². The Hall–Kier alpha value is -3.13. The van der Waals surface area contributed by atoms with Crippen molar-refractivity contribution in [1.29, 1.82) is 0 Å². The van der Waals surface area contributed by atoms with Crippen molar-refractivity contribution in [3.63, 3.8) is 0 Å². The molecule has 8 nitrogen and oxygen atoms in total. The highest BCUT2D eigenvalue weighted by Gasteiger charge is 2.30. The molecule has 1 atom stereocenters. The summed E-state index contributed by atoms with van der Waals surface area (Å²) in [6.45, 7) is 3.71. The van der Waals surface area contributed by atoms with E-state index in [2.05, 4.69) is 39.4 Å². The average Bonchev–Trinajstić information content (AvgIpc) is 3.57. The summed E-state index contributed by atoms with van der Waals surface area (Å²) in [6.07, 6.45) is 6.75. The number of aryl methyl sites for hydroxylation is 1. The number of fused-ring (bicyclic) bond motifs is 1. The summed E-state index contributed by atoms with van der Waals surface area (Å²) in [5.41, 5.74) is 5.05. The molecule has 0 spiro atoms. The molecule has 1 aliphatic heterocycles. The summed E-state index contributed by atoms with van der Waals surface area (Å²) < 4.78 is 11.0. The van der Waals surface area contributed by atoms with Crippen molar-refractivity contribution >= 4 is 5.91 Å². The van der Waals surface area contributed by atoms with Gasteiger partial charge in [0.1, 0.15) is 12.0 Å². The van der Waals surface area contributed by atoms with Crippen LogP contribution in [0.25, 0.3) is 0 Å². The number of likely N-dealkylation sites (tertiary alicyclic amines) is 1. The maximum absolute atomic E-state index is 13.1. The molecule has 8 heteroatoms. The van der Waals surface area contributed by atoms with Crippen LogP contribution < -0.4 is 4.74 Å². The molecule has 3 heterocycles. The van der Waals surface area contributed by atoms with Gasteiger partial charge in [-0.1, -0.05) is 17.3 Å². The number of H-pyrrole nitrogens is 1. The van der Waals surface area contributed by atoms with E-state index in [9.17, 15) is 4.79 Å². The Morgan fingerprint density at radius 1 is 1.21 bits per heavy atom. The van der Waals surface area contributed by atoms with Gasteiger partial charge in [-0.05, 0) is 56.8 Å². The number of carbonyl (C=O) groups excluding carboxylic acids is 1. The molecule has 5 rings (SSSR count). The monoisotopic (exact) mass is 449 g/mol. The Bertz CT molecular complexity index is 1060. The van der Waals surface area contributed by atoms with Crippen LogP contribution in [0.2, 0.25) is 0 Å². The van der Waals surface area contributed by atoms with Crippen LogP contribution in [-0.4, -0.2) is 57.8 Å². The summed E-state index contributed by atoms with van der Waals surface area (Å²) in [5.74, 6) is 1.27. The molecule has 0 saturated carbocycles. The van der Waals surface area contributed by atoms with E-state index in [0.717, 1.165) is 81.0 Å². The molecule has 1 saturated heterocycles. The lowest BCUT2D eigenvalue weighted by Crippen LogP contribution is -2.42. The van der Waals surface area contributed by atoms with E-state index in [1.807, 2.05) is 23.1 Å². The zero-order valence-electron chi connectivity index (χ0n) is 19.1. The predicted molar refractivity (Wildman–Crippen MR) is 123 cm³/mol. The van der Waals surface area contributed by atoms with Crippen molar-refractivity contribution in [2.24, 2.45) is 5.92 Å². The van der Waals surface area contributed by atoms with Gasteiger partial charge >= 0.3 is 0 Å². The highest BCUT2D eigenvalue weighted by molar-refractivity contribution is 5.94. The molecule has 0 bridgehead atoms. The van der Waals surface area contributed by atoms with Gasteiger partial charge in [0, 0.05) is 49.4 Å². The van der Waals surface area contributed by atoms with Gasteiger partial charge in [0.2, 0.25) is 0 Å². The average molecular weight is 450 g/mol. The molecule has 2 aromatic heterocycles. The fraction of sp³-hybridized carbons (Fsp3) is 0.480. The fourth-order valence-electron chi connectivity index (χ4n) is 4.90. The maximum atomic E-state index is 13.1. The molecule has 1 N–H and O–H groups in total. The van der Waals surface area contributed by atoms with Gasteiger partial charge in [0.15, 0.2) is 5.69 Å². The summed E-state index contributed by atoms with van der Waals surface area (Å²) in [6, 6.07) is 10.1. The quantitative estimate of drug-likeness (QED) is 0.567. The minimum Gasteiger partial charge on any atom is -0.493 e. The number of nitrogens with one attached hydrogen (secondary N) is 1. The highest BCUT2D eigenvalue weighted by Crippen LogP contribution is 2.26. The molecule has 1 aliphatic carbocycles. The second-order valence-corrected chi connectivity index (χ2v) is 9.26. The largest absolute Gasteiger partial charge is 0.493 e. The Labute approximate surface area is 193 Å². The van der Waals surface area contributed by atoms with E-state index in [1.54, 1.807) is 6.26 Å². The van der Waals surface area contributed by atoms with Crippen molar-refractivity contribution < 1.29 is 14.1 Å². The van der Waals surface area contributed by atoms with Crippen molar-refractivity contribution in [2.75, 3.05) is 26.7 Å². The van der Waals surface area contributed by atoms with Crippen LogP contribution in [0.4, 0.5) is 0 Å². The second kappa shape index (κ2) is 9.79. The fourth-order valence-corrected chi connectivity index (χ4v) is 4.90. The first kappa shape index (κ1) is 21.7. The Kier molecular flexibility index (Phi) is 6.44. The second-order valence-electron chi connectivity index (χ2n) is 9.26. The first-order valence-corrected chi connectivity index (χ1v) is 11.8. The lowest BCUT2D eigenvalue weighted by atomic mass is 9.98. The summed E-state index contributed by atoms with van der Waals surface area (Å²) in [4.78, 5) is 17.2. The Balaban J connectivity index is 1.11. The molecule has 33 heavy (non-hydrogen) atoms. The van der Waals surface area contributed by atoms with Gasteiger partial charge in [-0.3, -0.25) is 14.8 Å². The van der Waals surface area contributed by atoms with Gasteiger partial charge in [-0.15, -0.1) is 0 Å². The van der Waals surface area contributed by atoms with E-state index in [0.29, 0.717) is 18.2 Å². The number of aromatic nitrogens is 3. The Morgan fingerprint density at radius 3 is 2.91 bits per heavy atom. The molecule has 0 unspecified atom stereocenters. The molecule has 0 radical (unpaired) electrons. The van der Waals surface area contributed by atoms with Gasteiger partial charge in [-0.25, -0.2) is 0 Å². The first-order valence-electron chi connectivity index (χ1n) is 11.8. The van der Waals surface area contributed by atoms with Crippen molar-refractivity contribution in [3.05, 3.63) is 64.8 Å². The molecule has 1 aromatic carbocycles. The minimum atomic E-state index is 0.0678. The van der Waals surface area contributed by atoms with Gasteiger partial charge in [-0.2, -0.15) is 5.10 Å². The smallest absolute Gasteiger partial charge is 0.274 e. The summed E-state index contributed by atoms with van der Waals surface area (Å²) in [7, 11) is 2.06. The third kappa shape index (κ3) is 5.11. The highest BCUT2D eigenvalue weighted by atomic mass is 16.5. The van der Waals surface area contributed by atoms with Crippen LogP contribution in [0.1, 0.15) is 52.3 Å². The van der Waals surface area contributed by atoms with Crippen LogP contribution >= 0.6 is 0 Å². The molecule has 2 aliphatic rings. The molecule has 174 valence electrons. The summed E-state index contributed by atoms with van der Waals surface area (Å²) in [5, 5.41) is 11.3. The predicted octanol–water partition coefficient (Wildman–Crippen LogP) is 3.45. The number of nitrogens with zero attached hydrogens (tertiary/aromatic N) is 4. The van der Waals surface area contributed by atoms with Gasteiger partial charge < -0.3 is 14.2 Å². The van der Waals surface area contributed by atoms with Gasteiger partial charge in [0.25, 0.3) is 5.91 Å². The first-order chi connectivity index (χ1) is 16.2. The van der Waals surface area contributed by atoms with E-state index >= 15 is 0 Å². The number of aromatic amines is 1. The number of hydrogen-bond donors (Lipinski definition) is 1. The number of piperidine rings is 1. The van der Waals surface area contributed by atoms with Crippen LogP contribution in [0.3, 0.4) is 0 Å². The van der Waals surface area contributed by atoms with Crippen LogP contribution in [0, 0.1) is 5.92 Å². The minimum absolute atomic E-state index is 0.0678. The number of benzene rings is 1. The molecule has 1 fully saturated rings. The lowest BCUT2D eigenvalue weighted by molar-refractivity contribution is 0.0626. The van der Waals surface area contributed by atoms with E-state index < -0.39 is 0 Å². The van der Waals surface area contributed by atoms with Crippen molar-refractivity contribution in [3.8, 4) is 5.75 Å². The Morgan fingerprint density at radius 2 is 2.09 bits per heavy atom. The van der Waals surface area contributed by atoms with E-state index in [4.69, 9.17) is 9.26 Å². The molecule has 3 aromatic rings. The van der Waals surface area contributed by atoms with Crippen LogP contribution in [0.5, 0.6) is 5.75 Å². The summed E-state index contributed by atoms with van der Waals surface area (Å²) >= 11 is 0. The molecular formula is C25H31N5O3. The number of hydrogen-bond acceptors (Lipinski definition) is 6. The topological polar surface area (TPSA) is 87.5 Å². The molecular weight excluding hydrogens is 418 g/mol. The third-order valence-electron chi connectivity index (χ3n) is 6.60. The number of amides is 1. The zero-order valence-corrected chi connectivity index (χ0v) is 19.1. The van der Waals surface area contributed by atoms with Crippen molar-refractivity contribution in [1.82, 2.24) is 25.2 Å². The normalized spacial score (nSPS) is 18.0. The zero-order chi connectivity index (χ0) is 22.6. The number of rotatable bonds is 8. The van der Waals surface area contributed by atoms with Crippen LogP contribution in [0.15, 0.2) is 41.1 Å². The third-order valence-corrected chi connectivity index (χ3v) is 6.60. The SMILES string of the molecule is CN(Cc1ccc(OC[C@@H]2CCCN(C(=O)c3n[nH]c4c3CCC4)C2)cc1)Cc1ccon1. The maximum Gasteiger partial charge on any atom is 0.274 e.